The fraction of sp³-hybridized carbons (Fsp3) is 0.0714. The number of methoxy groups -OCH3 is 1. The number of nitrogens with one attached hydrogen (secondary N) is 1. The molecule has 2 aromatic rings. The molecule has 0 aromatic heterocycles. The summed E-state index contributed by atoms with van der Waals surface area (Å²) in [5.74, 6) is 0.783. The van der Waals surface area contributed by atoms with E-state index in [0.717, 1.165) is 4.47 Å². The number of sulfonamides is 1. The second-order valence-corrected chi connectivity index (χ2v) is 6.87. The van der Waals surface area contributed by atoms with Crippen LogP contribution in [0.25, 0.3) is 0 Å². The van der Waals surface area contributed by atoms with Crippen molar-refractivity contribution in [3.8, 4) is 5.75 Å². The molecule has 2 aromatic carbocycles. The Morgan fingerprint density at radius 3 is 2.71 bits per heavy atom. The number of fused-ring (bicyclic) bond motifs is 1. The van der Waals surface area contributed by atoms with E-state index in [1.54, 1.807) is 30.3 Å². The minimum absolute atomic E-state index is 0.169. The predicted octanol–water partition coefficient (Wildman–Crippen LogP) is 3.02. The van der Waals surface area contributed by atoms with Gasteiger partial charge in [0.05, 0.1) is 18.4 Å². The third-order valence-corrected chi connectivity index (χ3v) is 4.87. The number of halogens is 1. The quantitative estimate of drug-likeness (QED) is 0.886. The van der Waals surface area contributed by atoms with Gasteiger partial charge in [-0.15, -0.1) is 4.40 Å². The van der Waals surface area contributed by atoms with Crippen LogP contribution < -0.4 is 10.1 Å². The molecule has 0 unspecified atom stereocenters. The molecule has 0 spiro atoms. The highest BCUT2D eigenvalue weighted by molar-refractivity contribution is 9.10. The Kier molecular flexibility index (Phi) is 3.46. The van der Waals surface area contributed by atoms with Gasteiger partial charge in [0.1, 0.15) is 10.6 Å². The van der Waals surface area contributed by atoms with E-state index in [2.05, 4.69) is 25.6 Å². The minimum Gasteiger partial charge on any atom is -0.496 e. The molecule has 1 aliphatic heterocycles. The lowest BCUT2D eigenvalue weighted by Crippen LogP contribution is -2.22. The van der Waals surface area contributed by atoms with Crippen molar-refractivity contribution in [2.45, 2.75) is 4.90 Å². The van der Waals surface area contributed by atoms with Crippen molar-refractivity contribution < 1.29 is 13.2 Å². The Hall–Kier alpha value is -1.86. The van der Waals surface area contributed by atoms with Crippen LogP contribution in [0.1, 0.15) is 5.56 Å². The summed E-state index contributed by atoms with van der Waals surface area (Å²) in [5.41, 5.74) is 1.08. The summed E-state index contributed by atoms with van der Waals surface area (Å²) in [6.07, 6.45) is 0. The largest absolute Gasteiger partial charge is 0.496 e. The zero-order valence-corrected chi connectivity index (χ0v) is 13.4. The standard InChI is InChI=1S/C14H11BrN2O3S/c1-20-12-7-6-9(15)8-10(12)14-16-11-4-2-3-5-13(11)21(18,19)17-14/h2-8H,1H3,(H,16,17). The molecule has 108 valence electrons. The predicted molar refractivity (Wildman–Crippen MR) is 84.5 cm³/mol. The van der Waals surface area contributed by atoms with Crippen LogP contribution in [-0.4, -0.2) is 21.4 Å². The first-order chi connectivity index (χ1) is 10.0. The van der Waals surface area contributed by atoms with Crippen LogP contribution in [0.2, 0.25) is 0 Å². The van der Waals surface area contributed by atoms with Crippen molar-refractivity contribution >= 4 is 37.5 Å². The van der Waals surface area contributed by atoms with Gasteiger partial charge >= 0.3 is 0 Å². The highest BCUT2D eigenvalue weighted by Crippen LogP contribution is 2.31. The van der Waals surface area contributed by atoms with Crippen LogP contribution in [0.4, 0.5) is 5.69 Å². The van der Waals surface area contributed by atoms with Crippen LogP contribution in [0.15, 0.2) is 56.2 Å². The summed E-state index contributed by atoms with van der Waals surface area (Å²) in [6, 6.07) is 12.0. The van der Waals surface area contributed by atoms with E-state index >= 15 is 0 Å². The van der Waals surface area contributed by atoms with Gasteiger partial charge in [0.25, 0.3) is 10.0 Å². The average Bonchev–Trinajstić information content (AvgIpc) is 2.46. The maximum Gasteiger partial charge on any atom is 0.286 e. The number of nitrogens with zero attached hydrogens (tertiary/aromatic N) is 1. The molecule has 7 heteroatoms. The van der Waals surface area contributed by atoms with E-state index in [4.69, 9.17) is 4.74 Å². The second kappa shape index (κ2) is 5.16. The molecule has 1 N–H and O–H groups in total. The molecule has 21 heavy (non-hydrogen) atoms. The SMILES string of the molecule is COc1ccc(Br)cc1C1=NS(=O)(=O)c2ccccc2N1. The fourth-order valence-electron chi connectivity index (χ4n) is 2.10. The number of benzene rings is 2. The summed E-state index contributed by atoms with van der Waals surface area (Å²) in [4.78, 5) is 0.169. The Morgan fingerprint density at radius 1 is 1.19 bits per heavy atom. The summed E-state index contributed by atoms with van der Waals surface area (Å²) in [7, 11) is -2.20. The van der Waals surface area contributed by atoms with Gasteiger partial charge in [-0.05, 0) is 30.3 Å². The highest BCUT2D eigenvalue weighted by atomic mass is 79.9. The van der Waals surface area contributed by atoms with Crippen LogP contribution >= 0.6 is 15.9 Å². The van der Waals surface area contributed by atoms with Crippen molar-refractivity contribution in [2.24, 2.45) is 4.40 Å². The average molecular weight is 367 g/mol. The molecule has 3 rings (SSSR count). The number of rotatable bonds is 2. The molecule has 1 aliphatic rings. The summed E-state index contributed by atoms with van der Waals surface area (Å²) in [5, 5.41) is 3.04. The number of amidine groups is 1. The topological polar surface area (TPSA) is 67.8 Å². The van der Waals surface area contributed by atoms with E-state index in [-0.39, 0.29) is 10.7 Å². The molecular weight excluding hydrogens is 356 g/mol. The number of para-hydroxylation sites is 1. The van der Waals surface area contributed by atoms with Gasteiger partial charge in [0.2, 0.25) is 0 Å². The van der Waals surface area contributed by atoms with Crippen LogP contribution in [0.3, 0.4) is 0 Å². The number of ether oxygens (including phenoxy) is 1. The Labute approximate surface area is 130 Å². The highest BCUT2D eigenvalue weighted by Gasteiger charge is 2.26. The monoisotopic (exact) mass is 366 g/mol. The van der Waals surface area contributed by atoms with Gasteiger partial charge in [-0.1, -0.05) is 28.1 Å². The van der Waals surface area contributed by atoms with Gasteiger partial charge in [-0.25, -0.2) is 0 Å². The zero-order valence-electron chi connectivity index (χ0n) is 11.0. The first-order valence-corrected chi connectivity index (χ1v) is 8.29. The summed E-state index contributed by atoms with van der Waals surface area (Å²) in [6.45, 7) is 0. The van der Waals surface area contributed by atoms with Crippen molar-refractivity contribution in [1.82, 2.24) is 0 Å². The molecule has 0 saturated heterocycles. The first-order valence-electron chi connectivity index (χ1n) is 6.06. The molecular formula is C14H11BrN2O3S. The summed E-state index contributed by atoms with van der Waals surface area (Å²) >= 11 is 3.36. The van der Waals surface area contributed by atoms with Gasteiger partial charge in [-0.2, -0.15) is 8.42 Å². The number of anilines is 1. The lowest BCUT2D eigenvalue weighted by Gasteiger charge is -2.19. The normalized spacial score (nSPS) is 15.6. The van der Waals surface area contributed by atoms with E-state index in [9.17, 15) is 8.42 Å². The Morgan fingerprint density at radius 2 is 1.95 bits per heavy atom. The van der Waals surface area contributed by atoms with E-state index in [1.807, 2.05) is 6.07 Å². The minimum atomic E-state index is -3.72. The third kappa shape index (κ3) is 2.54. The maximum absolute atomic E-state index is 12.3. The molecule has 0 fully saturated rings. The van der Waals surface area contributed by atoms with Crippen LogP contribution in [-0.2, 0) is 10.0 Å². The van der Waals surface area contributed by atoms with Crippen molar-refractivity contribution in [1.29, 1.82) is 0 Å². The molecule has 0 aliphatic carbocycles. The molecule has 0 bridgehead atoms. The van der Waals surface area contributed by atoms with E-state index < -0.39 is 10.0 Å². The fourth-order valence-corrected chi connectivity index (χ4v) is 3.59. The first kappa shape index (κ1) is 14.1. The number of hydrogen-bond acceptors (Lipinski definition) is 4. The maximum atomic E-state index is 12.3. The second-order valence-electron chi connectivity index (χ2n) is 4.38. The van der Waals surface area contributed by atoms with E-state index in [0.29, 0.717) is 17.0 Å². The molecule has 0 saturated carbocycles. The molecule has 0 radical (unpaired) electrons. The zero-order chi connectivity index (χ0) is 15.0. The number of hydrogen-bond donors (Lipinski definition) is 1. The third-order valence-electron chi connectivity index (χ3n) is 3.05. The van der Waals surface area contributed by atoms with E-state index in [1.165, 1.54) is 13.2 Å². The van der Waals surface area contributed by atoms with Gasteiger partial charge in [0.15, 0.2) is 5.84 Å². The molecule has 0 amide bonds. The smallest absolute Gasteiger partial charge is 0.286 e. The lowest BCUT2D eigenvalue weighted by atomic mass is 10.1. The Balaban J connectivity index is 2.19. The van der Waals surface area contributed by atoms with Gasteiger partial charge in [0, 0.05) is 4.47 Å². The van der Waals surface area contributed by atoms with Gasteiger partial charge < -0.3 is 10.1 Å². The lowest BCUT2D eigenvalue weighted by molar-refractivity contribution is 0.414. The van der Waals surface area contributed by atoms with Crippen molar-refractivity contribution in [3.05, 3.63) is 52.5 Å². The van der Waals surface area contributed by atoms with Crippen LogP contribution in [0.5, 0.6) is 5.75 Å². The molecule has 0 atom stereocenters. The van der Waals surface area contributed by atoms with Crippen molar-refractivity contribution in [2.75, 3.05) is 12.4 Å². The molecule has 1 heterocycles. The Bertz CT molecular complexity index is 847. The summed E-state index contributed by atoms with van der Waals surface area (Å²) < 4.78 is 34.5. The van der Waals surface area contributed by atoms with Gasteiger partial charge in [-0.3, -0.25) is 0 Å². The van der Waals surface area contributed by atoms with Crippen molar-refractivity contribution in [3.63, 3.8) is 0 Å². The molecule has 5 nitrogen and oxygen atoms in total. The van der Waals surface area contributed by atoms with Crippen LogP contribution in [0, 0.1) is 0 Å².